The van der Waals surface area contributed by atoms with Crippen LogP contribution in [-0.4, -0.2) is 18.3 Å². The van der Waals surface area contributed by atoms with Crippen molar-refractivity contribution in [2.45, 2.75) is 0 Å². The molecule has 2 rings (SSSR count). The number of rotatable bonds is 1. The molecule has 1 aromatic carbocycles. The Kier molecular flexibility index (Phi) is 2.14. The van der Waals surface area contributed by atoms with Gasteiger partial charge < -0.3 is 10.2 Å². The molecule has 0 aliphatic carbocycles. The second kappa shape index (κ2) is 3.45. The van der Waals surface area contributed by atoms with Gasteiger partial charge in [0.1, 0.15) is 5.82 Å². The fourth-order valence-corrected chi connectivity index (χ4v) is 1.11. The van der Waals surface area contributed by atoms with E-state index in [0.717, 1.165) is 0 Å². The van der Waals surface area contributed by atoms with E-state index in [9.17, 15) is 9.18 Å². The SMILES string of the molecule is O=C1CON=C(c2cccc(F)c2)N1. The maximum atomic E-state index is 12.8. The normalized spacial score (nSPS) is 15.5. The molecule has 0 bridgehead atoms. The molecule has 1 heterocycles. The van der Waals surface area contributed by atoms with Gasteiger partial charge in [-0.1, -0.05) is 17.3 Å². The number of hydrogen-bond donors (Lipinski definition) is 1. The molecule has 0 spiro atoms. The van der Waals surface area contributed by atoms with Crippen molar-refractivity contribution < 1.29 is 14.0 Å². The molecule has 0 unspecified atom stereocenters. The van der Waals surface area contributed by atoms with Crippen molar-refractivity contribution in [3.8, 4) is 0 Å². The first-order valence-corrected chi connectivity index (χ1v) is 4.01. The van der Waals surface area contributed by atoms with Crippen molar-refractivity contribution in [1.82, 2.24) is 5.32 Å². The monoisotopic (exact) mass is 194 g/mol. The molecule has 0 fully saturated rings. The highest BCUT2D eigenvalue weighted by Crippen LogP contribution is 2.05. The number of hydrogen-bond acceptors (Lipinski definition) is 3. The second-order valence-electron chi connectivity index (χ2n) is 2.77. The average Bonchev–Trinajstić information content (AvgIpc) is 2.18. The highest BCUT2D eigenvalue weighted by molar-refractivity contribution is 6.08. The summed E-state index contributed by atoms with van der Waals surface area (Å²) >= 11 is 0. The van der Waals surface area contributed by atoms with Crippen LogP contribution >= 0.6 is 0 Å². The minimum absolute atomic E-state index is 0.0984. The zero-order valence-electron chi connectivity index (χ0n) is 7.16. The van der Waals surface area contributed by atoms with Crippen molar-refractivity contribution in [1.29, 1.82) is 0 Å². The molecule has 14 heavy (non-hydrogen) atoms. The van der Waals surface area contributed by atoms with E-state index in [2.05, 4.69) is 15.3 Å². The number of nitrogens with one attached hydrogen (secondary N) is 1. The van der Waals surface area contributed by atoms with E-state index in [1.165, 1.54) is 18.2 Å². The molecular weight excluding hydrogens is 187 g/mol. The van der Waals surface area contributed by atoms with Gasteiger partial charge >= 0.3 is 0 Å². The number of carbonyl (C=O) groups excluding carboxylic acids is 1. The third kappa shape index (κ3) is 1.71. The third-order valence-corrected chi connectivity index (χ3v) is 1.71. The first-order valence-electron chi connectivity index (χ1n) is 4.01. The van der Waals surface area contributed by atoms with E-state index in [0.29, 0.717) is 5.56 Å². The Labute approximate surface area is 79.4 Å². The topological polar surface area (TPSA) is 50.7 Å². The van der Waals surface area contributed by atoms with Crippen molar-refractivity contribution >= 4 is 11.7 Å². The maximum absolute atomic E-state index is 12.8. The lowest BCUT2D eigenvalue weighted by Gasteiger charge is -2.12. The van der Waals surface area contributed by atoms with E-state index in [1.54, 1.807) is 6.07 Å². The number of amides is 1. The molecule has 4 nitrogen and oxygen atoms in total. The molecule has 0 aromatic heterocycles. The molecule has 0 atom stereocenters. The predicted octanol–water partition coefficient (Wildman–Crippen LogP) is 0.634. The van der Waals surface area contributed by atoms with Crippen molar-refractivity contribution in [2.24, 2.45) is 5.16 Å². The smallest absolute Gasteiger partial charge is 0.266 e. The lowest BCUT2D eigenvalue weighted by atomic mass is 10.2. The van der Waals surface area contributed by atoms with E-state index < -0.39 is 0 Å². The van der Waals surface area contributed by atoms with Gasteiger partial charge in [0, 0.05) is 5.56 Å². The summed E-state index contributed by atoms with van der Waals surface area (Å²) in [6.07, 6.45) is 0. The van der Waals surface area contributed by atoms with Crippen LogP contribution in [0.1, 0.15) is 5.56 Å². The summed E-state index contributed by atoms with van der Waals surface area (Å²) in [5.74, 6) is -0.440. The largest absolute Gasteiger partial charge is 0.384 e. The summed E-state index contributed by atoms with van der Waals surface area (Å²) in [4.78, 5) is 15.6. The van der Waals surface area contributed by atoms with E-state index in [4.69, 9.17) is 0 Å². The van der Waals surface area contributed by atoms with Crippen LogP contribution in [0.3, 0.4) is 0 Å². The molecule has 5 heteroatoms. The minimum Gasteiger partial charge on any atom is -0.384 e. The standard InChI is InChI=1S/C9H7FN2O2/c10-7-3-1-2-6(4-7)9-11-8(13)5-14-12-9/h1-4H,5H2,(H,11,12,13). The van der Waals surface area contributed by atoms with Crippen molar-refractivity contribution in [2.75, 3.05) is 6.61 Å². The van der Waals surface area contributed by atoms with E-state index in [1.807, 2.05) is 0 Å². The van der Waals surface area contributed by atoms with Gasteiger partial charge in [0.25, 0.3) is 5.91 Å². The third-order valence-electron chi connectivity index (χ3n) is 1.71. The Morgan fingerprint density at radius 3 is 3.07 bits per heavy atom. The van der Waals surface area contributed by atoms with Gasteiger partial charge in [-0.05, 0) is 12.1 Å². The number of amidine groups is 1. The Morgan fingerprint density at radius 1 is 1.50 bits per heavy atom. The number of oxime groups is 1. The van der Waals surface area contributed by atoms with Crippen molar-refractivity contribution in [3.05, 3.63) is 35.6 Å². The molecule has 72 valence electrons. The van der Waals surface area contributed by atoms with Gasteiger partial charge in [-0.2, -0.15) is 0 Å². The van der Waals surface area contributed by atoms with Gasteiger partial charge in [-0.3, -0.25) is 4.79 Å². The van der Waals surface area contributed by atoms with Gasteiger partial charge in [-0.25, -0.2) is 4.39 Å². The average molecular weight is 194 g/mol. The van der Waals surface area contributed by atoms with Crippen LogP contribution < -0.4 is 5.32 Å². The Bertz CT molecular complexity index is 404. The van der Waals surface area contributed by atoms with Crippen LogP contribution in [0.2, 0.25) is 0 Å². The van der Waals surface area contributed by atoms with Gasteiger partial charge in [0.15, 0.2) is 12.4 Å². The summed E-state index contributed by atoms with van der Waals surface area (Å²) in [5, 5.41) is 6.09. The minimum atomic E-state index is -0.384. The van der Waals surface area contributed by atoms with Crippen LogP contribution in [0.15, 0.2) is 29.4 Å². The summed E-state index contributed by atoms with van der Waals surface area (Å²) in [7, 11) is 0. The second-order valence-corrected chi connectivity index (χ2v) is 2.77. The predicted molar refractivity (Wildman–Crippen MR) is 47.0 cm³/mol. The molecule has 0 saturated heterocycles. The van der Waals surface area contributed by atoms with Gasteiger partial charge in [0.05, 0.1) is 0 Å². The Balaban J connectivity index is 2.31. The van der Waals surface area contributed by atoms with Crippen LogP contribution in [-0.2, 0) is 9.63 Å². The number of halogens is 1. The summed E-state index contributed by atoms with van der Waals surface area (Å²) < 4.78 is 12.8. The van der Waals surface area contributed by atoms with Crippen molar-refractivity contribution in [3.63, 3.8) is 0 Å². The molecule has 0 radical (unpaired) electrons. The zero-order chi connectivity index (χ0) is 9.97. The van der Waals surface area contributed by atoms with E-state index in [-0.39, 0.29) is 24.2 Å². The molecule has 1 N–H and O–H groups in total. The van der Waals surface area contributed by atoms with Crippen LogP contribution in [0.5, 0.6) is 0 Å². The molecule has 1 aliphatic heterocycles. The fourth-order valence-electron chi connectivity index (χ4n) is 1.11. The molecular formula is C9H7FN2O2. The number of nitrogens with zero attached hydrogens (tertiary/aromatic N) is 1. The van der Waals surface area contributed by atoms with Gasteiger partial charge in [-0.15, -0.1) is 0 Å². The quantitative estimate of drug-likeness (QED) is 0.713. The number of benzene rings is 1. The zero-order valence-corrected chi connectivity index (χ0v) is 7.16. The highest BCUT2D eigenvalue weighted by atomic mass is 19.1. The summed E-state index contributed by atoms with van der Waals surface area (Å²) in [5.41, 5.74) is 0.484. The maximum Gasteiger partial charge on any atom is 0.266 e. The lowest BCUT2D eigenvalue weighted by molar-refractivity contribution is -0.125. The molecule has 0 saturated carbocycles. The van der Waals surface area contributed by atoms with Crippen LogP contribution in [0.4, 0.5) is 4.39 Å². The lowest BCUT2D eigenvalue weighted by Crippen LogP contribution is -2.37. The summed E-state index contributed by atoms with van der Waals surface area (Å²) in [6, 6.07) is 5.76. The van der Waals surface area contributed by atoms with Gasteiger partial charge in [0.2, 0.25) is 0 Å². The first kappa shape index (κ1) is 8.68. The van der Waals surface area contributed by atoms with Crippen LogP contribution in [0, 0.1) is 5.82 Å². The van der Waals surface area contributed by atoms with E-state index >= 15 is 0 Å². The first-order chi connectivity index (χ1) is 6.75. The molecule has 1 aliphatic rings. The fraction of sp³-hybridized carbons (Fsp3) is 0.111. The highest BCUT2D eigenvalue weighted by Gasteiger charge is 2.14. The number of carbonyl (C=O) groups is 1. The Hall–Kier alpha value is -1.91. The van der Waals surface area contributed by atoms with Crippen LogP contribution in [0.25, 0.3) is 0 Å². The summed E-state index contributed by atoms with van der Waals surface area (Å²) in [6.45, 7) is -0.0984. The molecule has 1 aromatic rings. The molecule has 1 amide bonds. The Morgan fingerprint density at radius 2 is 2.36 bits per heavy atom.